The van der Waals surface area contributed by atoms with Crippen LogP contribution in [0.2, 0.25) is 0 Å². The number of allylic oxidation sites excluding steroid dienone is 1. The minimum absolute atomic E-state index is 1.17. The highest BCUT2D eigenvalue weighted by Gasteiger charge is 1.98. The van der Waals surface area contributed by atoms with Crippen molar-refractivity contribution < 1.29 is 0 Å². The van der Waals surface area contributed by atoms with E-state index in [1.165, 1.54) is 47.9 Å². The van der Waals surface area contributed by atoms with E-state index in [9.17, 15) is 0 Å². The number of aryl methyl sites for hydroxylation is 3. The van der Waals surface area contributed by atoms with E-state index in [2.05, 4.69) is 45.5 Å². The molecule has 0 aliphatic carbocycles. The van der Waals surface area contributed by atoms with Crippen LogP contribution in [0, 0.1) is 13.8 Å². The molecule has 0 saturated carbocycles. The molecule has 0 aromatic heterocycles. The summed E-state index contributed by atoms with van der Waals surface area (Å²) in [7, 11) is 0. The second kappa shape index (κ2) is 5.75. The summed E-state index contributed by atoms with van der Waals surface area (Å²) in [5.41, 5.74) is 5.60. The van der Waals surface area contributed by atoms with Crippen LogP contribution in [0.15, 0.2) is 30.4 Å². The molecule has 0 radical (unpaired) electrons. The lowest BCUT2D eigenvalue weighted by atomic mass is 9.99. The van der Waals surface area contributed by atoms with Gasteiger partial charge in [-0.15, -0.1) is 6.58 Å². The first-order chi connectivity index (χ1) is 7.09. The van der Waals surface area contributed by atoms with Gasteiger partial charge in [0.25, 0.3) is 0 Å². The van der Waals surface area contributed by atoms with E-state index >= 15 is 0 Å². The van der Waals surface area contributed by atoms with Gasteiger partial charge in [-0.3, -0.25) is 0 Å². The van der Waals surface area contributed by atoms with Gasteiger partial charge in [0.15, 0.2) is 0 Å². The highest BCUT2D eigenvalue weighted by atomic mass is 14.0. The van der Waals surface area contributed by atoms with Gasteiger partial charge in [-0.25, -0.2) is 0 Å². The van der Waals surface area contributed by atoms with Crippen molar-refractivity contribution in [2.75, 3.05) is 0 Å². The molecule has 0 heteroatoms. The van der Waals surface area contributed by atoms with Gasteiger partial charge in [0.1, 0.15) is 0 Å². The van der Waals surface area contributed by atoms with Gasteiger partial charge in [-0.1, -0.05) is 29.3 Å². The molecule has 0 aliphatic rings. The Morgan fingerprint density at radius 1 is 1.20 bits per heavy atom. The number of hydrogen-bond donors (Lipinski definition) is 0. The minimum Gasteiger partial charge on any atom is -0.100 e. The third kappa shape index (κ3) is 4.33. The van der Waals surface area contributed by atoms with Gasteiger partial charge < -0.3 is 0 Å². The van der Waals surface area contributed by atoms with Gasteiger partial charge in [-0.05, 0) is 57.6 Å². The lowest BCUT2D eigenvalue weighted by molar-refractivity contribution is 0.728. The van der Waals surface area contributed by atoms with E-state index in [4.69, 9.17) is 0 Å². The lowest BCUT2D eigenvalue weighted by Crippen LogP contribution is -1.91. The molecule has 0 amide bonds. The fraction of sp³-hybridized carbons (Fsp3) is 0.467. The molecule has 0 unspecified atom stereocenters. The first kappa shape index (κ1) is 12.0. The van der Waals surface area contributed by atoms with E-state index in [0.717, 1.165) is 0 Å². The highest BCUT2D eigenvalue weighted by molar-refractivity contribution is 5.30. The van der Waals surface area contributed by atoms with Crippen molar-refractivity contribution >= 4 is 0 Å². The van der Waals surface area contributed by atoms with E-state index in [0.29, 0.717) is 0 Å². The lowest BCUT2D eigenvalue weighted by Gasteiger charge is -2.06. The van der Waals surface area contributed by atoms with Crippen LogP contribution >= 0.6 is 0 Å². The maximum atomic E-state index is 3.93. The average Bonchev–Trinajstić information content (AvgIpc) is 2.14. The van der Waals surface area contributed by atoms with E-state index in [1.54, 1.807) is 0 Å². The van der Waals surface area contributed by atoms with Crippen molar-refractivity contribution in [3.63, 3.8) is 0 Å². The molecule has 82 valence electrons. The summed E-state index contributed by atoms with van der Waals surface area (Å²) in [5.74, 6) is 0. The van der Waals surface area contributed by atoms with Gasteiger partial charge in [-0.2, -0.15) is 0 Å². The van der Waals surface area contributed by atoms with Crippen molar-refractivity contribution in [1.82, 2.24) is 0 Å². The predicted octanol–water partition coefficient (Wildman–Crippen LogP) is 4.59. The quantitative estimate of drug-likeness (QED) is 0.484. The van der Waals surface area contributed by atoms with Gasteiger partial charge in [0.2, 0.25) is 0 Å². The Balaban J connectivity index is 2.40. The van der Waals surface area contributed by atoms with Crippen molar-refractivity contribution in [3.05, 3.63) is 47.0 Å². The molecule has 0 nitrogen and oxygen atoms in total. The summed E-state index contributed by atoms with van der Waals surface area (Å²) in [4.78, 5) is 0. The molecule has 0 N–H and O–H groups in total. The fourth-order valence-corrected chi connectivity index (χ4v) is 1.87. The Kier molecular flexibility index (Phi) is 4.61. The van der Waals surface area contributed by atoms with Crippen LogP contribution in [-0.4, -0.2) is 0 Å². The first-order valence-electron chi connectivity index (χ1n) is 5.80. The molecule has 0 bridgehead atoms. The maximum absolute atomic E-state index is 3.93. The zero-order valence-electron chi connectivity index (χ0n) is 10.3. The number of rotatable bonds is 5. The molecule has 1 aromatic rings. The van der Waals surface area contributed by atoms with Crippen LogP contribution in [0.25, 0.3) is 0 Å². The summed E-state index contributed by atoms with van der Waals surface area (Å²) in [6.45, 7) is 10.4. The predicted molar refractivity (Wildman–Crippen MR) is 68.3 cm³/mol. The average molecular weight is 202 g/mol. The SMILES string of the molecule is C=C(C)CCCCc1ccc(C)cc1C. The zero-order valence-corrected chi connectivity index (χ0v) is 10.3. The molecule has 0 spiro atoms. The van der Waals surface area contributed by atoms with E-state index < -0.39 is 0 Å². The molecule has 0 heterocycles. The van der Waals surface area contributed by atoms with Crippen LogP contribution in [-0.2, 0) is 6.42 Å². The molecule has 15 heavy (non-hydrogen) atoms. The van der Waals surface area contributed by atoms with Gasteiger partial charge in [0, 0.05) is 0 Å². The summed E-state index contributed by atoms with van der Waals surface area (Å²) < 4.78 is 0. The minimum atomic E-state index is 1.17. The van der Waals surface area contributed by atoms with Crippen LogP contribution in [0.5, 0.6) is 0 Å². The van der Waals surface area contributed by atoms with E-state index in [-0.39, 0.29) is 0 Å². The molecule has 1 rings (SSSR count). The van der Waals surface area contributed by atoms with Crippen molar-refractivity contribution in [2.24, 2.45) is 0 Å². The van der Waals surface area contributed by atoms with Crippen LogP contribution in [0.1, 0.15) is 42.9 Å². The van der Waals surface area contributed by atoms with Gasteiger partial charge in [0.05, 0.1) is 0 Å². The standard InChI is InChI=1S/C15H22/c1-12(2)7-5-6-8-15-10-9-13(3)11-14(15)4/h9-11H,1,5-8H2,2-4H3. The first-order valence-corrected chi connectivity index (χ1v) is 5.80. The van der Waals surface area contributed by atoms with Crippen molar-refractivity contribution in [1.29, 1.82) is 0 Å². The van der Waals surface area contributed by atoms with Crippen molar-refractivity contribution in [3.8, 4) is 0 Å². The van der Waals surface area contributed by atoms with Crippen molar-refractivity contribution in [2.45, 2.75) is 46.5 Å². The smallest absolute Gasteiger partial charge is 0.0276 e. The summed E-state index contributed by atoms with van der Waals surface area (Å²) in [6, 6.07) is 6.75. The molecule has 0 fully saturated rings. The highest BCUT2D eigenvalue weighted by Crippen LogP contribution is 2.14. The summed E-state index contributed by atoms with van der Waals surface area (Å²) in [5, 5.41) is 0. The second-order valence-corrected chi connectivity index (χ2v) is 4.59. The summed E-state index contributed by atoms with van der Waals surface area (Å²) >= 11 is 0. The number of unbranched alkanes of at least 4 members (excludes halogenated alkanes) is 1. The number of benzene rings is 1. The molecule has 0 saturated heterocycles. The maximum Gasteiger partial charge on any atom is -0.0276 e. The fourth-order valence-electron chi connectivity index (χ4n) is 1.87. The Labute approximate surface area is 94.0 Å². The molecular formula is C15H22. The van der Waals surface area contributed by atoms with E-state index in [1.807, 2.05) is 0 Å². The largest absolute Gasteiger partial charge is 0.100 e. The zero-order chi connectivity index (χ0) is 11.3. The van der Waals surface area contributed by atoms with Crippen LogP contribution < -0.4 is 0 Å². The molecule has 0 atom stereocenters. The summed E-state index contributed by atoms with van der Waals surface area (Å²) in [6.07, 6.45) is 4.92. The molecular weight excluding hydrogens is 180 g/mol. The normalized spacial score (nSPS) is 10.3. The monoisotopic (exact) mass is 202 g/mol. The second-order valence-electron chi connectivity index (χ2n) is 4.59. The Bertz CT molecular complexity index is 334. The van der Waals surface area contributed by atoms with Gasteiger partial charge >= 0.3 is 0 Å². The molecule has 1 aromatic carbocycles. The third-order valence-corrected chi connectivity index (χ3v) is 2.80. The Hall–Kier alpha value is -1.04. The Morgan fingerprint density at radius 3 is 2.53 bits per heavy atom. The molecule has 0 aliphatic heterocycles. The number of hydrogen-bond acceptors (Lipinski definition) is 0. The van der Waals surface area contributed by atoms with Crippen LogP contribution in [0.4, 0.5) is 0 Å². The topological polar surface area (TPSA) is 0 Å². The Morgan fingerprint density at radius 2 is 1.93 bits per heavy atom. The third-order valence-electron chi connectivity index (χ3n) is 2.80. The van der Waals surface area contributed by atoms with Crippen LogP contribution in [0.3, 0.4) is 0 Å².